The van der Waals surface area contributed by atoms with Gasteiger partial charge in [-0.2, -0.15) is 5.10 Å². The molecular weight excluding hydrogens is 340 g/mol. The third kappa shape index (κ3) is 2.53. The normalized spacial score (nSPS) is 12.3. The first kappa shape index (κ1) is 15.9. The summed E-state index contributed by atoms with van der Waals surface area (Å²) >= 11 is 6.23. The Morgan fingerprint density at radius 3 is 2.72 bits per heavy atom. The van der Waals surface area contributed by atoms with E-state index >= 15 is 0 Å². The highest BCUT2D eigenvalue weighted by molar-refractivity contribution is 6.30. The van der Waals surface area contributed by atoms with E-state index in [4.69, 9.17) is 16.0 Å². The van der Waals surface area contributed by atoms with Crippen molar-refractivity contribution in [2.24, 2.45) is 0 Å². The van der Waals surface area contributed by atoms with Crippen molar-refractivity contribution in [1.82, 2.24) is 19.3 Å². The van der Waals surface area contributed by atoms with Crippen molar-refractivity contribution in [3.05, 3.63) is 57.9 Å². The summed E-state index contributed by atoms with van der Waals surface area (Å²) in [4.78, 5) is 17.3. The van der Waals surface area contributed by atoms with Crippen molar-refractivity contribution in [3.8, 4) is 0 Å². The first-order valence-electron chi connectivity index (χ1n) is 7.96. The molecule has 0 aliphatic heterocycles. The number of nitrogens with zero attached hydrogens (tertiary/aromatic N) is 4. The molecule has 0 spiro atoms. The second-order valence-electron chi connectivity index (χ2n) is 6.99. The predicted molar refractivity (Wildman–Crippen MR) is 97.1 cm³/mol. The second kappa shape index (κ2) is 5.46. The Bertz CT molecular complexity index is 1150. The van der Waals surface area contributed by atoms with Crippen LogP contribution in [0.4, 0.5) is 0 Å². The van der Waals surface area contributed by atoms with E-state index in [1.165, 1.54) is 10.9 Å². The molecule has 0 saturated carbocycles. The fourth-order valence-corrected chi connectivity index (χ4v) is 3.18. The lowest BCUT2D eigenvalue weighted by molar-refractivity contribution is 0.365. The van der Waals surface area contributed by atoms with Gasteiger partial charge in [-0.25, -0.2) is 9.67 Å². The number of para-hydroxylation sites is 1. The van der Waals surface area contributed by atoms with Crippen molar-refractivity contribution in [2.45, 2.75) is 32.9 Å². The summed E-state index contributed by atoms with van der Waals surface area (Å²) in [6.07, 6.45) is 3.11. The highest BCUT2D eigenvalue weighted by atomic mass is 35.5. The molecule has 0 aliphatic carbocycles. The molecule has 128 valence electrons. The smallest absolute Gasteiger partial charge is 0.264 e. The number of rotatable bonds is 2. The number of aromatic nitrogens is 4. The molecule has 0 radical (unpaired) electrons. The molecule has 0 unspecified atom stereocenters. The summed E-state index contributed by atoms with van der Waals surface area (Å²) in [5.41, 5.74) is 1.64. The fourth-order valence-electron chi connectivity index (χ4n) is 2.94. The van der Waals surface area contributed by atoms with Gasteiger partial charge < -0.3 is 4.42 Å². The number of furan rings is 1. The monoisotopic (exact) mass is 356 g/mol. The molecule has 6 nitrogen and oxygen atoms in total. The number of hydrogen-bond donors (Lipinski definition) is 0. The first-order valence-corrected chi connectivity index (χ1v) is 8.33. The molecule has 1 aromatic carbocycles. The molecular formula is C18H17ClN4O2. The van der Waals surface area contributed by atoms with Gasteiger partial charge in [0.25, 0.3) is 5.56 Å². The van der Waals surface area contributed by atoms with E-state index in [1.807, 2.05) is 45.0 Å². The van der Waals surface area contributed by atoms with Gasteiger partial charge in [0.1, 0.15) is 17.3 Å². The van der Waals surface area contributed by atoms with E-state index in [9.17, 15) is 4.79 Å². The largest absolute Gasteiger partial charge is 0.444 e. The lowest BCUT2D eigenvalue weighted by Gasteiger charge is -2.19. The minimum Gasteiger partial charge on any atom is -0.444 e. The lowest BCUT2D eigenvalue weighted by Crippen LogP contribution is -2.25. The number of benzene rings is 1. The molecule has 0 N–H and O–H groups in total. The van der Waals surface area contributed by atoms with Crippen LogP contribution < -0.4 is 5.56 Å². The maximum absolute atomic E-state index is 12.8. The highest BCUT2D eigenvalue weighted by Crippen LogP contribution is 2.30. The van der Waals surface area contributed by atoms with E-state index in [0.29, 0.717) is 21.8 Å². The predicted octanol–water partition coefficient (Wildman–Crippen LogP) is 3.80. The van der Waals surface area contributed by atoms with Crippen molar-refractivity contribution in [3.63, 3.8) is 0 Å². The molecule has 4 rings (SSSR count). The van der Waals surface area contributed by atoms with Gasteiger partial charge in [0, 0.05) is 10.9 Å². The van der Waals surface area contributed by atoms with Crippen LogP contribution in [-0.2, 0) is 12.1 Å². The van der Waals surface area contributed by atoms with Crippen LogP contribution in [0.15, 0.2) is 46.0 Å². The van der Waals surface area contributed by atoms with Crippen molar-refractivity contribution in [1.29, 1.82) is 0 Å². The molecule has 0 bridgehead atoms. The third-order valence-electron chi connectivity index (χ3n) is 4.17. The minimum absolute atomic E-state index is 0.151. The summed E-state index contributed by atoms with van der Waals surface area (Å²) in [5.74, 6) is 0. The van der Waals surface area contributed by atoms with Gasteiger partial charge in [-0.15, -0.1) is 0 Å². The zero-order valence-corrected chi connectivity index (χ0v) is 14.9. The number of fused-ring (bicyclic) bond motifs is 2. The zero-order chi connectivity index (χ0) is 17.8. The van der Waals surface area contributed by atoms with Crippen LogP contribution in [-0.4, -0.2) is 19.3 Å². The van der Waals surface area contributed by atoms with Gasteiger partial charge in [-0.3, -0.25) is 9.36 Å². The van der Waals surface area contributed by atoms with Gasteiger partial charge in [-0.05, 0) is 38.4 Å². The molecule has 0 aliphatic rings. The maximum Gasteiger partial charge on any atom is 0.264 e. The Morgan fingerprint density at radius 2 is 1.96 bits per heavy atom. The lowest BCUT2D eigenvalue weighted by atomic mass is 10.1. The van der Waals surface area contributed by atoms with E-state index in [-0.39, 0.29) is 17.6 Å². The third-order valence-corrected chi connectivity index (χ3v) is 4.47. The Labute approximate surface area is 148 Å². The van der Waals surface area contributed by atoms with Gasteiger partial charge in [0.15, 0.2) is 10.9 Å². The minimum atomic E-state index is -0.253. The number of halogens is 1. The van der Waals surface area contributed by atoms with Gasteiger partial charge >= 0.3 is 0 Å². The summed E-state index contributed by atoms with van der Waals surface area (Å²) in [5, 5.41) is 6.00. The molecule has 25 heavy (non-hydrogen) atoms. The van der Waals surface area contributed by atoms with Gasteiger partial charge in [-0.1, -0.05) is 18.2 Å². The maximum atomic E-state index is 12.8. The second-order valence-corrected chi connectivity index (χ2v) is 7.34. The topological polar surface area (TPSA) is 65.8 Å². The Kier molecular flexibility index (Phi) is 3.47. The molecule has 4 aromatic rings. The summed E-state index contributed by atoms with van der Waals surface area (Å²) in [6.45, 7) is 6.34. The average Bonchev–Trinajstić information content (AvgIpc) is 3.12. The summed E-state index contributed by atoms with van der Waals surface area (Å²) in [7, 11) is 0. The average molecular weight is 357 g/mol. The molecule has 7 heteroatoms. The van der Waals surface area contributed by atoms with Gasteiger partial charge in [0.05, 0.1) is 18.3 Å². The van der Waals surface area contributed by atoms with Crippen LogP contribution >= 0.6 is 11.6 Å². The molecule has 0 amide bonds. The molecule has 0 atom stereocenters. The van der Waals surface area contributed by atoms with Crippen LogP contribution in [0.3, 0.4) is 0 Å². The van der Waals surface area contributed by atoms with Crippen LogP contribution in [0.1, 0.15) is 26.3 Å². The van der Waals surface area contributed by atoms with E-state index in [0.717, 1.165) is 10.9 Å². The van der Waals surface area contributed by atoms with E-state index in [2.05, 4.69) is 10.1 Å². The van der Waals surface area contributed by atoms with E-state index < -0.39 is 0 Å². The Hall–Kier alpha value is -2.60. The zero-order valence-electron chi connectivity index (χ0n) is 14.2. The van der Waals surface area contributed by atoms with Crippen LogP contribution in [0.5, 0.6) is 0 Å². The molecule has 0 fully saturated rings. The first-order chi connectivity index (χ1) is 11.9. The summed E-state index contributed by atoms with van der Waals surface area (Å²) < 4.78 is 8.85. The Balaban J connectivity index is 1.84. The van der Waals surface area contributed by atoms with E-state index in [1.54, 1.807) is 10.9 Å². The van der Waals surface area contributed by atoms with Crippen LogP contribution in [0.25, 0.3) is 22.0 Å². The van der Waals surface area contributed by atoms with Crippen molar-refractivity contribution >= 4 is 33.6 Å². The fraction of sp³-hybridized carbons (Fsp3) is 0.278. The number of hydrogen-bond acceptors (Lipinski definition) is 4. The van der Waals surface area contributed by atoms with Crippen molar-refractivity contribution < 1.29 is 4.42 Å². The molecule has 0 saturated heterocycles. The highest BCUT2D eigenvalue weighted by Gasteiger charge is 2.20. The SMILES string of the molecule is CC(C)(C)n1ncc2c(=O)n(Cc3c(Cl)oc4ccccc34)cnc21. The quantitative estimate of drug-likeness (QED) is 0.548. The summed E-state index contributed by atoms with van der Waals surface area (Å²) in [6, 6.07) is 7.57. The standard InChI is InChI=1S/C18H17ClN4O2/c1-18(2,3)23-16-12(8-21-23)17(24)22(10-20-16)9-13-11-6-4-5-7-14(11)25-15(13)19/h4-8,10H,9H2,1-3H3. The van der Waals surface area contributed by atoms with Crippen LogP contribution in [0.2, 0.25) is 5.22 Å². The van der Waals surface area contributed by atoms with Gasteiger partial charge in [0.2, 0.25) is 0 Å². The van der Waals surface area contributed by atoms with Crippen LogP contribution in [0, 0.1) is 0 Å². The molecule has 3 aromatic heterocycles. The Morgan fingerprint density at radius 1 is 1.20 bits per heavy atom. The van der Waals surface area contributed by atoms with Crippen molar-refractivity contribution in [2.75, 3.05) is 0 Å². The molecule has 3 heterocycles.